The number of rotatable bonds is 5. The number of nitrogens with two attached hydrogens (primary N) is 1. The van der Waals surface area contributed by atoms with Gasteiger partial charge < -0.3 is 20.7 Å². The SMILES string of the molecule is Nc1nc(-c2ccc(F)c(Cl)c2)nc2ccc(NC3CCN(C(=O)OCc4ccccc4)CC3)cc12. The van der Waals surface area contributed by atoms with Gasteiger partial charge in [0.15, 0.2) is 5.82 Å². The topological polar surface area (TPSA) is 93.4 Å². The Kier molecular flexibility index (Phi) is 6.86. The van der Waals surface area contributed by atoms with Gasteiger partial charge in [-0.05, 0) is 54.8 Å². The fraction of sp³-hybridized carbons (Fsp3) is 0.222. The van der Waals surface area contributed by atoms with Crippen LogP contribution >= 0.6 is 11.6 Å². The van der Waals surface area contributed by atoms with Crippen LogP contribution in [0, 0.1) is 5.82 Å². The molecule has 3 N–H and O–H groups in total. The molecule has 0 aliphatic carbocycles. The number of nitrogens with zero attached hydrogens (tertiary/aromatic N) is 3. The lowest BCUT2D eigenvalue weighted by molar-refractivity contribution is 0.0882. The van der Waals surface area contributed by atoms with Crippen LogP contribution in [-0.2, 0) is 11.3 Å². The van der Waals surface area contributed by atoms with E-state index in [2.05, 4.69) is 15.3 Å². The van der Waals surface area contributed by atoms with E-state index in [4.69, 9.17) is 22.1 Å². The van der Waals surface area contributed by atoms with Crippen LogP contribution in [0.5, 0.6) is 0 Å². The number of anilines is 2. The van der Waals surface area contributed by atoms with E-state index in [1.165, 1.54) is 12.1 Å². The quantitative estimate of drug-likeness (QED) is 0.351. The minimum absolute atomic E-state index is 0.00446. The predicted octanol–water partition coefficient (Wildman–Crippen LogP) is 5.88. The molecule has 36 heavy (non-hydrogen) atoms. The molecule has 1 aliphatic heterocycles. The smallest absolute Gasteiger partial charge is 0.410 e. The summed E-state index contributed by atoms with van der Waals surface area (Å²) in [7, 11) is 0. The van der Waals surface area contributed by atoms with Crippen molar-refractivity contribution in [2.75, 3.05) is 24.1 Å². The van der Waals surface area contributed by atoms with E-state index in [9.17, 15) is 9.18 Å². The number of hydrogen-bond acceptors (Lipinski definition) is 6. The van der Waals surface area contributed by atoms with Crippen LogP contribution in [0.3, 0.4) is 0 Å². The van der Waals surface area contributed by atoms with Crippen molar-refractivity contribution >= 4 is 40.1 Å². The third-order valence-corrected chi connectivity index (χ3v) is 6.52. The number of hydrogen-bond donors (Lipinski definition) is 2. The van der Waals surface area contributed by atoms with Gasteiger partial charge in [-0.1, -0.05) is 41.9 Å². The highest BCUT2D eigenvalue weighted by molar-refractivity contribution is 6.31. The van der Waals surface area contributed by atoms with Gasteiger partial charge in [0.25, 0.3) is 0 Å². The number of halogens is 2. The predicted molar refractivity (Wildman–Crippen MR) is 139 cm³/mol. The third kappa shape index (κ3) is 5.33. The number of benzene rings is 3. The molecule has 7 nitrogen and oxygen atoms in total. The molecule has 0 radical (unpaired) electrons. The molecule has 1 aliphatic rings. The zero-order chi connectivity index (χ0) is 25.1. The van der Waals surface area contributed by atoms with Crippen LogP contribution in [0.15, 0.2) is 66.7 Å². The lowest BCUT2D eigenvalue weighted by atomic mass is 10.0. The van der Waals surface area contributed by atoms with Gasteiger partial charge in [0.05, 0.1) is 10.5 Å². The van der Waals surface area contributed by atoms with Crippen molar-refractivity contribution in [2.45, 2.75) is 25.5 Å². The van der Waals surface area contributed by atoms with Crippen LogP contribution < -0.4 is 11.1 Å². The van der Waals surface area contributed by atoms with Gasteiger partial charge in [0.2, 0.25) is 0 Å². The number of amides is 1. The van der Waals surface area contributed by atoms with Crippen LogP contribution in [0.1, 0.15) is 18.4 Å². The highest BCUT2D eigenvalue weighted by atomic mass is 35.5. The van der Waals surface area contributed by atoms with Crippen LogP contribution in [-0.4, -0.2) is 40.1 Å². The molecule has 0 spiro atoms. The fourth-order valence-electron chi connectivity index (χ4n) is 4.26. The van der Waals surface area contributed by atoms with Crippen molar-refractivity contribution in [3.05, 3.63) is 83.1 Å². The van der Waals surface area contributed by atoms with Crippen molar-refractivity contribution in [1.29, 1.82) is 0 Å². The largest absolute Gasteiger partial charge is 0.445 e. The van der Waals surface area contributed by atoms with Crippen molar-refractivity contribution in [2.24, 2.45) is 0 Å². The Morgan fingerprint density at radius 3 is 2.61 bits per heavy atom. The number of ether oxygens (including phenoxy) is 1. The van der Waals surface area contributed by atoms with Gasteiger partial charge in [0, 0.05) is 35.8 Å². The summed E-state index contributed by atoms with van der Waals surface area (Å²) in [4.78, 5) is 23.1. The summed E-state index contributed by atoms with van der Waals surface area (Å²) < 4.78 is 19.0. The number of fused-ring (bicyclic) bond motifs is 1. The van der Waals surface area contributed by atoms with E-state index in [-0.39, 0.29) is 23.8 Å². The number of nitrogens with one attached hydrogen (secondary N) is 1. The molecule has 1 fully saturated rings. The molecule has 1 aromatic heterocycles. The molecule has 1 saturated heterocycles. The van der Waals surface area contributed by atoms with Gasteiger partial charge in [-0.2, -0.15) is 0 Å². The molecule has 1 amide bonds. The molecule has 9 heteroatoms. The molecule has 0 saturated carbocycles. The first-order chi connectivity index (χ1) is 17.5. The number of carbonyl (C=O) groups excluding carboxylic acids is 1. The van der Waals surface area contributed by atoms with Gasteiger partial charge in [0.1, 0.15) is 18.2 Å². The van der Waals surface area contributed by atoms with Crippen LogP contribution in [0.25, 0.3) is 22.3 Å². The van der Waals surface area contributed by atoms with E-state index < -0.39 is 5.82 Å². The fourth-order valence-corrected chi connectivity index (χ4v) is 4.44. The molecule has 3 aromatic carbocycles. The molecule has 184 valence electrons. The van der Waals surface area contributed by atoms with Crippen molar-refractivity contribution in [1.82, 2.24) is 14.9 Å². The molecule has 0 bridgehead atoms. The maximum atomic E-state index is 13.5. The maximum Gasteiger partial charge on any atom is 0.410 e. The van der Waals surface area contributed by atoms with E-state index in [1.807, 2.05) is 48.5 Å². The lowest BCUT2D eigenvalue weighted by Crippen LogP contribution is -2.42. The Balaban J connectivity index is 1.20. The zero-order valence-corrected chi connectivity index (χ0v) is 20.2. The molecular formula is C27H25ClFN5O2. The second kappa shape index (κ2) is 10.4. The summed E-state index contributed by atoms with van der Waals surface area (Å²) in [6.07, 6.45) is 1.31. The van der Waals surface area contributed by atoms with Crippen molar-refractivity contribution in [3.63, 3.8) is 0 Å². The van der Waals surface area contributed by atoms with Crippen LogP contribution in [0.2, 0.25) is 5.02 Å². The van der Waals surface area contributed by atoms with Crippen molar-refractivity contribution in [3.8, 4) is 11.4 Å². The van der Waals surface area contributed by atoms with E-state index in [1.54, 1.807) is 11.0 Å². The first-order valence-corrected chi connectivity index (χ1v) is 12.1. The summed E-state index contributed by atoms with van der Waals surface area (Å²) in [5, 5.41) is 4.25. The number of carbonyl (C=O) groups is 1. The molecular weight excluding hydrogens is 481 g/mol. The Hall–Kier alpha value is -3.91. The summed E-state index contributed by atoms with van der Waals surface area (Å²) >= 11 is 5.90. The van der Waals surface area contributed by atoms with Gasteiger partial charge in [-0.3, -0.25) is 0 Å². The minimum atomic E-state index is -0.500. The summed E-state index contributed by atoms with van der Waals surface area (Å²) in [5.41, 5.74) is 9.38. The standard InChI is InChI=1S/C27H25ClFN5O2/c28-22-14-18(6-8-23(22)29)26-32-24-9-7-20(15-21(24)25(30)33-26)31-19-10-12-34(13-11-19)27(35)36-16-17-4-2-1-3-5-17/h1-9,14-15,19,31H,10-13,16H2,(H2,30,32,33). The van der Waals surface area contributed by atoms with E-state index in [0.717, 1.165) is 29.5 Å². The monoisotopic (exact) mass is 505 g/mol. The van der Waals surface area contributed by atoms with Crippen molar-refractivity contribution < 1.29 is 13.9 Å². The molecule has 0 atom stereocenters. The Morgan fingerprint density at radius 2 is 1.86 bits per heavy atom. The van der Waals surface area contributed by atoms with E-state index >= 15 is 0 Å². The number of piperidine rings is 1. The highest BCUT2D eigenvalue weighted by Gasteiger charge is 2.24. The Labute approximate surface area is 213 Å². The Bertz CT molecular complexity index is 1390. The Morgan fingerprint density at radius 1 is 1.08 bits per heavy atom. The third-order valence-electron chi connectivity index (χ3n) is 6.23. The molecule has 2 heterocycles. The summed E-state index contributed by atoms with van der Waals surface area (Å²) in [6.45, 7) is 1.51. The molecule has 4 aromatic rings. The van der Waals surface area contributed by atoms with Gasteiger partial charge in [-0.25, -0.2) is 19.2 Å². The average molecular weight is 506 g/mol. The summed E-state index contributed by atoms with van der Waals surface area (Å²) in [6, 6.07) is 19.9. The second-order valence-corrected chi connectivity index (χ2v) is 9.15. The van der Waals surface area contributed by atoms with Gasteiger partial charge in [-0.15, -0.1) is 0 Å². The van der Waals surface area contributed by atoms with E-state index in [0.29, 0.717) is 35.8 Å². The highest BCUT2D eigenvalue weighted by Crippen LogP contribution is 2.28. The minimum Gasteiger partial charge on any atom is -0.445 e. The van der Waals surface area contributed by atoms with Crippen LogP contribution in [0.4, 0.5) is 20.7 Å². The maximum absolute atomic E-state index is 13.5. The molecule has 0 unspecified atom stereocenters. The molecule has 5 rings (SSSR count). The lowest BCUT2D eigenvalue weighted by Gasteiger charge is -2.32. The number of aromatic nitrogens is 2. The zero-order valence-electron chi connectivity index (χ0n) is 19.5. The van der Waals surface area contributed by atoms with Gasteiger partial charge >= 0.3 is 6.09 Å². The second-order valence-electron chi connectivity index (χ2n) is 8.74. The first kappa shape index (κ1) is 23.8. The average Bonchev–Trinajstić information content (AvgIpc) is 2.90. The number of nitrogen functional groups attached to an aromatic ring is 1. The first-order valence-electron chi connectivity index (χ1n) is 11.7. The summed E-state index contributed by atoms with van der Waals surface area (Å²) in [5.74, 6) is 0.212. The normalized spacial score (nSPS) is 14.1. The number of likely N-dealkylation sites (tertiary alicyclic amines) is 1.